The minimum Gasteiger partial charge on any atom is -0.356 e. The molecule has 2 N–H and O–H groups in total. The van der Waals surface area contributed by atoms with E-state index in [1.807, 2.05) is 14.0 Å². The fraction of sp³-hybridized carbons (Fsp3) is 0.733. The zero-order valence-corrected chi connectivity index (χ0v) is 23.6. The van der Waals surface area contributed by atoms with Gasteiger partial charge < -0.3 is 20.3 Å². The lowest BCUT2D eigenvalue weighted by molar-refractivity contribution is -0.121. The Hall–Kier alpha value is -1.72. The maximum absolute atomic E-state index is 11.2. The van der Waals surface area contributed by atoms with Crippen molar-refractivity contribution in [1.82, 2.24) is 15.5 Å². The van der Waals surface area contributed by atoms with E-state index in [0.717, 1.165) is 49.8 Å². The number of amides is 1. The standard InChI is InChI=1S/C13H23NO.C13H19NO.C4H11N/c1-10(2)12-3-5-14(6-4-12)13-7-11(8-13)9-15;1-3-11-5-7-12(8-6-11)9-10-13(15)14-4-2;1-4(2)5-3/h9-13H,3-8H2,1-2H3;5-8H,3-4,9-10H2,1-2H3,(H,14,15);4-5H,1-3H3. The number of likely N-dealkylation sites (tertiary alicyclic amines) is 1. The Labute approximate surface area is 215 Å². The van der Waals surface area contributed by atoms with Gasteiger partial charge in [-0.2, -0.15) is 0 Å². The molecule has 0 spiro atoms. The topological polar surface area (TPSA) is 61.4 Å². The zero-order valence-electron chi connectivity index (χ0n) is 23.6. The number of hydrogen-bond acceptors (Lipinski definition) is 4. The Morgan fingerprint density at radius 3 is 2.00 bits per heavy atom. The number of carbonyl (C=O) groups is 2. The molecule has 1 heterocycles. The summed E-state index contributed by atoms with van der Waals surface area (Å²) in [5.41, 5.74) is 2.58. The molecule has 5 nitrogen and oxygen atoms in total. The van der Waals surface area contributed by atoms with E-state index in [1.165, 1.54) is 37.1 Å². The van der Waals surface area contributed by atoms with E-state index in [2.05, 4.69) is 74.4 Å². The second-order valence-electron chi connectivity index (χ2n) is 10.7. The number of piperidine rings is 1. The van der Waals surface area contributed by atoms with Gasteiger partial charge in [-0.25, -0.2) is 0 Å². The van der Waals surface area contributed by atoms with Gasteiger partial charge in [0.2, 0.25) is 5.91 Å². The van der Waals surface area contributed by atoms with Gasteiger partial charge in [0.15, 0.2) is 0 Å². The Morgan fingerprint density at radius 2 is 1.57 bits per heavy atom. The number of hydrogen-bond donors (Lipinski definition) is 2. The molecule has 200 valence electrons. The number of rotatable bonds is 9. The van der Waals surface area contributed by atoms with Crippen molar-refractivity contribution in [1.29, 1.82) is 0 Å². The molecule has 5 heteroatoms. The van der Waals surface area contributed by atoms with Gasteiger partial charge in [-0.15, -0.1) is 0 Å². The molecule has 2 fully saturated rings. The second-order valence-corrected chi connectivity index (χ2v) is 10.7. The fourth-order valence-corrected chi connectivity index (χ4v) is 4.48. The van der Waals surface area contributed by atoms with Crippen LogP contribution in [0.4, 0.5) is 0 Å². The molecular weight excluding hydrogens is 434 g/mol. The lowest BCUT2D eigenvalue weighted by Gasteiger charge is -2.44. The lowest BCUT2D eigenvalue weighted by Crippen LogP contribution is -2.48. The first-order valence-electron chi connectivity index (χ1n) is 13.9. The number of nitrogens with zero attached hydrogens (tertiary/aromatic N) is 1. The molecule has 0 bridgehead atoms. The summed E-state index contributed by atoms with van der Waals surface area (Å²) in [5.74, 6) is 2.29. The van der Waals surface area contributed by atoms with Gasteiger partial charge in [0, 0.05) is 31.0 Å². The van der Waals surface area contributed by atoms with Crippen LogP contribution in [0.5, 0.6) is 0 Å². The third-order valence-electron chi connectivity index (χ3n) is 7.40. The summed E-state index contributed by atoms with van der Waals surface area (Å²) < 4.78 is 0. The van der Waals surface area contributed by atoms with Crippen molar-refractivity contribution in [2.24, 2.45) is 17.8 Å². The van der Waals surface area contributed by atoms with Crippen LogP contribution in [0, 0.1) is 17.8 Å². The third-order valence-corrected chi connectivity index (χ3v) is 7.40. The molecule has 0 unspecified atom stereocenters. The lowest BCUT2D eigenvalue weighted by atomic mass is 9.78. The largest absolute Gasteiger partial charge is 0.356 e. The van der Waals surface area contributed by atoms with Gasteiger partial charge >= 0.3 is 0 Å². The first kappa shape index (κ1) is 31.3. The quantitative estimate of drug-likeness (QED) is 0.466. The predicted molar refractivity (Wildman–Crippen MR) is 149 cm³/mol. The van der Waals surface area contributed by atoms with Gasteiger partial charge in [-0.05, 0) is 88.5 Å². The molecule has 0 aromatic heterocycles. The van der Waals surface area contributed by atoms with E-state index in [1.54, 1.807) is 0 Å². The van der Waals surface area contributed by atoms with E-state index in [-0.39, 0.29) is 5.91 Å². The normalized spacial score (nSPS) is 20.3. The number of aryl methyl sites for hydroxylation is 2. The molecule has 1 aromatic rings. The predicted octanol–water partition coefficient (Wildman–Crippen LogP) is 5.26. The van der Waals surface area contributed by atoms with E-state index in [0.29, 0.717) is 24.9 Å². The zero-order chi connectivity index (χ0) is 26.2. The summed E-state index contributed by atoms with van der Waals surface area (Å²) in [4.78, 5) is 24.4. The van der Waals surface area contributed by atoms with Gasteiger partial charge in [0.25, 0.3) is 0 Å². The number of carbonyl (C=O) groups excluding carboxylic acids is 2. The fourth-order valence-electron chi connectivity index (χ4n) is 4.48. The van der Waals surface area contributed by atoms with Crippen LogP contribution in [-0.2, 0) is 22.4 Å². The van der Waals surface area contributed by atoms with Crippen molar-refractivity contribution >= 4 is 12.2 Å². The van der Waals surface area contributed by atoms with Crippen LogP contribution in [0.15, 0.2) is 24.3 Å². The highest BCUT2D eigenvalue weighted by atomic mass is 16.1. The summed E-state index contributed by atoms with van der Waals surface area (Å²) in [7, 11) is 1.95. The minimum absolute atomic E-state index is 0.136. The van der Waals surface area contributed by atoms with Crippen molar-refractivity contribution in [3.05, 3.63) is 35.4 Å². The average molecular weight is 488 g/mol. The summed E-state index contributed by atoms with van der Waals surface area (Å²) in [6.07, 6.45) is 8.58. The summed E-state index contributed by atoms with van der Waals surface area (Å²) >= 11 is 0. The van der Waals surface area contributed by atoms with E-state index < -0.39 is 0 Å². The van der Waals surface area contributed by atoms with Crippen LogP contribution < -0.4 is 10.6 Å². The van der Waals surface area contributed by atoms with Crippen LogP contribution in [-0.4, -0.2) is 55.9 Å². The minimum atomic E-state index is 0.136. The number of nitrogens with one attached hydrogen (secondary N) is 2. The second kappa shape index (κ2) is 17.7. The highest BCUT2D eigenvalue weighted by Gasteiger charge is 2.35. The molecular formula is C30H53N3O2. The van der Waals surface area contributed by atoms with Crippen LogP contribution >= 0.6 is 0 Å². The van der Waals surface area contributed by atoms with Gasteiger partial charge in [-0.1, -0.05) is 58.9 Å². The van der Waals surface area contributed by atoms with Crippen molar-refractivity contribution in [2.75, 3.05) is 26.7 Å². The van der Waals surface area contributed by atoms with E-state index in [4.69, 9.17) is 0 Å². The van der Waals surface area contributed by atoms with Crippen LogP contribution in [0.1, 0.15) is 84.8 Å². The molecule has 2 aliphatic rings. The van der Waals surface area contributed by atoms with E-state index >= 15 is 0 Å². The molecule has 0 radical (unpaired) electrons. The molecule has 1 amide bonds. The van der Waals surface area contributed by atoms with Crippen LogP contribution in [0.2, 0.25) is 0 Å². The van der Waals surface area contributed by atoms with Gasteiger partial charge in [0.1, 0.15) is 6.29 Å². The summed E-state index contributed by atoms with van der Waals surface area (Å²) in [6.45, 7) is 16.2. The van der Waals surface area contributed by atoms with Gasteiger partial charge in [0.05, 0.1) is 0 Å². The molecule has 1 aliphatic heterocycles. The molecule has 1 saturated heterocycles. The Balaban J connectivity index is 0.000000295. The first-order valence-corrected chi connectivity index (χ1v) is 13.9. The molecule has 1 aromatic carbocycles. The smallest absolute Gasteiger partial charge is 0.220 e. The number of benzene rings is 1. The Bertz CT molecular complexity index is 688. The Kier molecular flexibility index (Phi) is 15.8. The van der Waals surface area contributed by atoms with Gasteiger partial charge in [-0.3, -0.25) is 4.79 Å². The summed E-state index contributed by atoms with van der Waals surface area (Å²) in [6, 6.07) is 9.85. The average Bonchev–Trinajstić information content (AvgIpc) is 2.83. The molecule has 1 saturated carbocycles. The monoisotopic (exact) mass is 487 g/mol. The summed E-state index contributed by atoms with van der Waals surface area (Å²) in [5, 5.41) is 5.83. The SMILES string of the molecule is CC(C)C1CCN(C2CC(C=O)C2)CC1.CCNC(=O)CCc1ccc(CC)cc1.CNC(C)C. The van der Waals surface area contributed by atoms with Crippen molar-refractivity contribution in [3.63, 3.8) is 0 Å². The van der Waals surface area contributed by atoms with Crippen molar-refractivity contribution in [2.45, 2.75) is 98.6 Å². The van der Waals surface area contributed by atoms with E-state index in [9.17, 15) is 9.59 Å². The highest BCUT2D eigenvalue weighted by Crippen LogP contribution is 2.34. The first-order chi connectivity index (χ1) is 16.7. The molecule has 35 heavy (non-hydrogen) atoms. The maximum Gasteiger partial charge on any atom is 0.220 e. The molecule has 1 aliphatic carbocycles. The Morgan fingerprint density at radius 1 is 1.03 bits per heavy atom. The van der Waals surface area contributed by atoms with Crippen molar-refractivity contribution < 1.29 is 9.59 Å². The third kappa shape index (κ3) is 12.7. The van der Waals surface area contributed by atoms with Crippen molar-refractivity contribution in [3.8, 4) is 0 Å². The van der Waals surface area contributed by atoms with Crippen LogP contribution in [0.25, 0.3) is 0 Å². The molecule has 3 rings (SSSR count). The maximum atomic E-state index is 11.2. The highest BCUT2D eigenvalue weighted by molar-refractivity contribution is 5.76. The van der Waals surface area contributed by atoms with Crippen LogP contribution in [0.3, 0.4) is 0 Å². The number of aldehydes is 1. The molecule has 0 atom stereocenters.